The highest BCUT2D eigenvalue weighted by Gasteiger charge is 2.48. The zero-order valence-electron chi connectivity index (χ0n) is 17.6. The zero-order chi connectivity index (χ0) is 22.8. The number of carbonyl (C=O) groups excluding carboxylic acids is 2. The Morgan fingerprint density at radius 3 is 2.56 bits per heavy atom. The predicted molar refractivity (Wildman–Crippen MR) is 123 cm³/mol. The van der Waals surface area contributed by atoms with Crippen LogP contribution in [0.25, 0.3) is 5.76 Å². The summed E-state index contributed by atoms with van der Waals surface area (Å²) in [7, 11) is 0. The molecule has 0 radical (unpaired) electrons. The van der Waals surface area contributed by atoms with Gasteiger partial charge < -0.3 is 9.84 Å². The molecule has 1 fully saturated rings. The third-order valence-corrected chi connectivity index (χ3v) is 5.60. The molecule has 0 aliphatic carbocycles. The van der Waals surface area contributed by atoms with Gasteiger partial charge in [0.2, 0.25) is 0 Å². The number of benzene rings is 2. The number of aliphatic hydroxyl groups is 1. The fourth-order valence-corrected chi connectivity index (χ4v) is 3.98. The van der Waals surface area contributed by atoms with Crippen molar-refractivity contribution in [3.8, 4) is 5.75 Å². The second-order valence-electron chi connectivity index (χ2n) is 7.29. The van der Waals surface area contributed by atoms with Crippen molar-refractivity contribution >= 4 is 34.7 Å². The van der Waals surface area contributed by atoms with Crippen LogP contribution in [0, 0.1) is 6.92 Å². The molecular formula is C25H21ClN2O4. The first-order chi connectivity index (χ1) is 15.4. The van der Waals surface area contributed by atoms with Crippen LogP contribution in [0.1, 0.15) is 29.8 Å². The summed E-state index contributed by atoms with van der Waals surface area (Å²) in [5.74, 6) is -1.45. The second kappa shape index (κ2) is 8.85. The van der Waals surface area contributed by atoms with Crippen LogP contribution in [0.3, 0.4) is 0 Å². The third kappa shape index (κ3) is 3.74. The molecule has 1 saturated heterocycles. The summed E-state index contributed by atoms with van der Waals surface area (Å²) >= 11 is 6.17. The molecule has 2 heterocycles. The number of anilines is 1. The van der Waals surface area contributed by atoms with Crippen molar-refractivity contribution in [2.24, 2.45) is 0 Å². The minimum atomic E-state index is -0.886. The largest absolute Gasteiger partial charge is 0.507 e. The van der Waals surface area contributed by atoms with Gasteiger partial charge in [0.25, 0.3) is 11.7 Å². The van der Waals surface area contributed by atoms with Gasteiger partial charge in [-0.25, -0.2) is 0 Å². The van der Waals surface area contributed by atoms with E-state index < -0.39 is 17.7 Å². The quantitative estimate of drug-likeness (QED) is 0.335. The maximum Gasteiger partial charge on any atom is 0.300 e. The molecule has 1 unspecified atom stereocenters. The number of carbonyl (C=O) groups is 2. The van der Waals surface area contributed by atoms with Gasteiger partial charge in [0.05, 0.1) is 22.9 Å². The summed E-state index contributed by atoms with van der Waals surface area (Å²) in [4.78, 5) is 32.1. The molecule has 32 heavy (non-hydrogen) atoms. The van der Waals surface area contributed by atoms with Gasteiger partial charge in [0.15, 0.2) is 0 Å². The van der Waals surface area contributed by atoms with Crippen LogP contribution < -0.4 is 9.64 Å². The number of pyridine rings is 1. The van der Waals surface area contributed by atoms with Gasteiger partial charge in [0.1, 0.15) is 17.6 Å². The normalized spacial score (nSPS) is 17.6. The predicted octanol–water partition coefficient (Wildman–Crippen LogP) is 5.07. The van der Waals surface area contributed by atoms with E-state index in [1.165, 1.54) is 4.90 Å². The lowest BCUT2D eigenvalue weighted by molar-refractivity contribution is -0.132. The molecule has 6 nitrogen and oxygen atoms in total. The Bertz CT molecular complexity index is 1220. The van der Waals surface area contributed by atoms with Crippen LogP contribution in [0.4, 0.5) is 5.69 Å². The number of rotatable bonds is 5. The van der Waals surface area contributed by atoms with Crippen LogP contribution >= 0.6 is 11.6 Å². The fraction of sp³-hybridized carbons (Fsp3) is 0.160. The molecule has 1 amide bonds. The number of aromatic nitrogens is 1. The zero-order valence-corrected chi connectivity index (χ0v) is 18.3. The number of hydrogen-bond acceptors (Lipinski definition) is 5. The molecule has 1 aliphatic heterocycles. The van der Waals surface area contributed by atoms with E-state index in [1.807, 2.05) is 26.0 Å². The van der Waals surface area contributed by atoms with Crippen molar-refractivity contribution < 1.29 is 19.4 Å². The minimum Gasteiger partial charge on any atom is -0.507 e. The molecule has 162 valence electrons. The average molecular weight is 449 g/mol. The number of ketones is 1. The number of halogens is 1. The molecule has 1 N–H and O–H groups in total. The van der Waals surface area contributed by atoms with E-state index in [-0.39, 0.29) is 11.3 Å². The fourth-order valence-electron chi connectivity index (χ4n) is 3.80. The molecule has 4 rings (SSSR count). The summed E-state index contributed by atoms with van der Waals surface area (Å²) in [6.07, 6.45) is 1.59. The Labute approximate surface area is 190 Å². The third-order valence-electron chi connectivity index (χ3n) is 5.29. The number of Topliss-reactive ketones (excluding diaryl/α,β-unsaturated/α-hetero) is 1. The SMILES string of the molecule is CCOc1cc(/C(O)=C2/C(=O)C(=O)N(c3ccccc3C)C2c2ccccn2)ccc1Cl. The molecule has 1 aromatic heterocycles. The molecule has 0 bridgehead atoms. The first-order valence-electron chi connectivity index (χ1n) is 10.1. The molecule has 2 aromatic carbocycles. The van der Waals surface area contributed by atoms with Crippen molar-refractivity contribution in [2.45, 2.75) is 19.9 Å². The monoisotopic (exact) mass is 448 g/mol. The van der Waals surface area contributed by atoms with Gasteiger partial charge >= 0.3 is 0 Å². The van der Waals surface area contributed by atoms with Crippen LogP contribution in [0.15, 0.2) is 72.4 Å². The number of para-hydroxylation sites is 1. The van der Waals surface area contributed by atoms with Crippen molar-refractivity contribution in [1.82, 2.24) is 4.98 Å². The Hall–Kier alpha value is -3.64. The molecule has 0 saturated carbocycles. The van der Waals surface area contributed by atoms with Crippen LogP contribution in [0.5, 0.6) is 5.75 Å². The Morgan fingerprint density at radius 1 is 1.12 bits per heavy atom. The standard InChI is InChI=1S/C25H21ClN2O4/c1-3-32-20-14-16(11-12-17(20)26)23(29)21-22(18-9-6-7-13-27-18)28(25(31)24(21)30)19-10-5-4-8-15(19)2/h4-14,22,29H,3H2,1-2H3/b23-21-. The van der Waals surface area contributed by atoms with Gasteiger partial charge in [-0.1, -0.05) is 35.9 Å². The van der Waals surface area contributed by atoms with Gasteiger partial charge in [0, 0.05) is 17.4 Å². The van der Waals surface area contributed by atoms with Crippen LogP contribution in [0.2, 0.25) is 5.02 Å². The molecular weight excluding hydrogens is 428 g/mol. The van der Waals surface area contributed by atoms with E-state index in [1.54, 1.807) is 54.7 Å². The minimum absolute atomic E-state index is 0.0401. The van der Waals surface area contributed by atoms with E-state index >= 15 is 0 Å². The first-order valence-corrected chi connectivity index (χ1v) is 10.5. The second-order valence-corrected chi connectivity index (χ2v) is 7.70. The highest BCUT2D eigenvalue weighted by molar-refractivity contribution is 6.51. The molecule has 1 atom stereocenters. The Kier molecular flexibility index (Phi) is 5.97. The maximum absolute atomic E-state index is 13.2. The lowest BCUT2D eigenvalue weighted by Gasteiger charge is -2.26. The molecule has 0 spiro atoms. The number of aliphatic hydroxyl groups excluding tert-OH is 1. The number of nitrogens with zero attached hydrogens (tertiary/aromatic N) is 2. The lowest BCUT2D eigenvalue weighted by Crippen LogP contribution is -2.30. The topological polar surface area (TPSA) is 79.7 Å². The van der Waals surface area contributed by atoms with E-state index in [0.717, 1.165) is 5.56 Å². The molecule has 7 heteroatoms. The number of ether oxygens (including phenoxy) is 1. The summed E-state index contributed by atoms with van der Waals surface area (Å²) in [6.45, 7) is 4.06. The van der Waals surface area contributed by atoms with E-state index in [0.29, 0.717) is 34.3 Å². The number of hydrogen-bond donors (Lipinski definition) is 1. The summed E-state index contributed by atoms with van der Waals surface area (Å²) in [5.41, 5.74) is 2.15. The van der Waals surface area contributed by atoms with Crippen molar-refractivity contribution in [3.63, 3.8) is 0 Å². The van der Waals surface area contributed by atoms with Crippen LogP contribution in [-0.2, 0) is 9.59 Å². The van der Waals surface area contributed by atoms with Gasteiger partial charge in [-0.2, -0.15) is 0 Å². The number of amides is 1. The first kappa shape index (κ1) is 21.6. The van der Waals surface area contributed by atoms with Crippen molar-refractivity contribution in [2.75, 3.05) is 11.5 Å². The van der Waals surface area contributed by atoms with E-state index in [4.69, 9.17) is 16.3 Å². The van der Waals surface area contributed by atoms with Crippen LogP contribution in [-0.4, -0.2) is 28.4 Å². The van der Waals surface area contributed by atoms with Gasteiger partial charge in [-0.15, -0.1) is 0 Å². The summed E-state index contributed by atoms with van der Waals surface area (Å²) in [5, 5.41) is 11.6. The smallest absolute Gasteiger partial charge is 0.300 e. The Balaban J connectivity index is 1.94. The lowest BCUT2D eigenvalue weighted by atomic mass is 9.98. The Morgan fingerprint density at radius 2 is 1.88 bits per heavy atom. The van der Waals surface area contributed by atoms with Crippen molar-refractivity contribution in [1.29, 1.82) is 0 Å². The van der Waals surface area contributed by atoms with Gasteiger partial charge in [-0.3, -0.25) is 19.5 Å². The van der Waals surface area contributed by atoms with Crippen molar-refractivity contribution in [3.05, 3.63) is 94.3 Å². The van der Waals surface area contributed by atoms with E-state index in [9.17, 15) is 14.7 Å². The molecule has 3 aromatic rings. The number of aryl methyl sites for hydroxylation is 1. The highest BCUT2D eigenvalue weighted by atomic mass is 35.5. The summed E-state index contributed by atoms with van der Waals surface area (Å²) < 4.78 is 5.52. The summed E-state index contributed by atoms with van der Waals surface area (Å²) in [6, 6.07) is 16.4. The maximum atomic E-state index is 13.2. The van der Waals surface area contributed by atoms with Gasteiger partial charge in [-0.05, 0) is 55.8 Å². The molecule has 1 aliphatic rings. The average Bonchev–Trinajstić information content (AvgIpc) is 3.06. The van der Waals surface area contributed by atoms with E-state index in [2.05, 4.69) is 4.98 Å². The highest BCUT2D eigenvalue weighted by Crippen LogP contribution is 2.42.